The Balaban J connectivity index is 1.57. The van der Waals surface area contributed by atoms with Gasteiger partial charge in [-0.05, 0) is 61.1 Å². The van der Waals surface area contributed by atoms with Crippen molar-refractivity contribution < 1.29 is 18.7 Å². The largest absolute Gasteiger partial charge is 0.493 e. The zero-order valence-electron chi connectivity index (χ0n) is 19.4. The third-order valence-corrected chi connectivity index (χ3v) is 7.69. The molecule has 182 valence electrons. The van der Waals surface area contributed by atoms with Crippen LogP contribution in [0.5, 0.6) is 11.5 Å². The van der Waals surface area contributed by atoms with Gasteiger partial charge in [-0.3, -0.25) is 4.79 Å². The Morgan fingerprint density at radius 2 is 2.00 bits per heavy atom. The van der Waals surface area contributed by atoms with Crippen molar-refractivity contribution in [1.82, 2.24) is 0 Å². The first kappa shape index (κ1) is 25.4. The molecule has 0 unspecified atom stereocenters. The van der Waals surface area contributed by atoms with Crippen LogP contribution in [0.15, 0.2) is 46.4 Å². The average Bonchev–Trinajstić information content (AvgIpc) is 3.24. The van der Waals surface area contributed by atoms with Crippen molar-refractivity contribution in [2.45, 2.75) is 32.3 Å². The van der Waals surface area contributed by atoms with Gasteiger partial charge in [0.15, 0.2) is 11.5 Å². The Kier molecular flexibility index (Phi) is 8.04. The fourth-order valence-corrected chi connectivity index (χ4v) is 5.62. The van der Waals surface area contributed by atoms with E-state index >= 15 is 0 Å². The quantitative estimate of drug-likeness (QED) is 0.259. The SMILES string of the molecule is COc1cc(/C=C(\C#N)C(=O)Nc2sc3c(c2C#N)CCCC3)c(Br)cc1OCc1ccccc1F. The van der Waals surface area contributed by atoms with Gasteiger partial charge < -0.3 is 14.8 Å². The van der Waals surface area contributed by atoms with Crippen molar-refractivity contribution in [2.24, 2.45) is 0 Å². The van der Waals surface area contributed by atoms with Gasteiger partial charge in [-0.1, -0.05) is 34.1 Å². The molecule has 0 saturated carbocycles. The molecule has 1 aliphatic carbocycles. The molecule has 0 bridgehead atoms. The summed E-state index contributed by atoms with van der Waals surface area (Å²) in [5.74, 6) is -0.240. The van der Waals surface area contributed by atoms with Crippen LogP contribution < -0.4 is 14.8 Å². The maximum absolute atomic E-state index is 13.9. The predicted molar refractivity (Wildman–Crippen MR) is 139 cm³/mol. The Bertz CT molecular complexity index is 1440. The van der Waals surface area contributed by atoms with Crippen LogP contribution in [0.25, 0.3) is 6.08 Å². The van der Waals surface area contributed by atoms with E-state index in [4.69, 9.17) is 9.47 Å². The van der Waals surface area contributed by atoms with Gasteiger partial charge in [0, 0.05) is 14.9 Å². The minimum absolute atomic E-state index is 0.00251. The fourth-order valence-electron chi connectivity index (χ4n) is 3.95. The summed E-state index contributed by atoms with van der Waals surface area (Å²) in [6, 6.07) is 13.7. The van der Waals surface area contributed by atoms with Crippen LogP contribution in [-0.2, 0) is 24.2 Å². The molecule has 0 fully saturated rings. The summed E-state index contributed by atoms with van der Waals surface area (Å²) < 4.78 is 25.7. The van der Waals surface area contributed by atoms with Crippen molar-refractivity contribution in [3.8, 4) is 23.6 Å². The first-order chi connectivity index (χ1) is 17.4. The number of rotatable bonds is 7. The Morgan fingerprint density at radius 3 is 2.72 bits per heavy atom. The Hall–Kier alpha value is -3.66. The lowest BCUT2D eigenvalue weighted by Gasteiger charge is -2.13. The van der Waals surface area contributed by atoms with Crippen LogP contribution in [0, 0.1) is 28.5 Å². The third-order valence-electron chi connectivity index (χ3n) is 5.80. The van der Waals surface area contributed by atoms with Gasteiger partial charge in [0.1, 0.15) is 35.1 Å². The Morgan fingerprint density at radius 1 is 1.22 bits per heavy atom. The van der Waals surface area contributed by atoms with Gasteiger partial charge in [-0.2, -0.15) is 10.5 Å². The molecule has 0 atom stereocenters. The zero-order valence-corrected chi connectivity index (χ0v) is 21.8. The summed E-state index contributed by atoms with van der Waals surface area (Å²) in [6.45, 7) is 0.00251. The maximum Gasteiger partial charge on any atom is 0.266 e. The number of nitriles is 2. The molecule has 3 aromatic rings. The summed E-state index contributed by atoms with van der Waals surface area (Å²) in [5.41, 5.74) is 2.27. The molecule has 1 heterocycles. The normalized spacial score (nSPS) is 12.8. The number of ether oxygens (including phenoxy) is 2. The monoisotopic (exact) mass is 565 g/mol. The minimum atomic E-state index is -0.599. The number of amides is 1. The number of hydrogen-bond acceptors (Lipinski definition) is 6. The number of halogens is 2. The fraction of sp³-hybridized carbons (Fsp3) is 0.222. The van der Waals surface area contributed by atoms with E-state index in [1.54, 1.807) is 30.3 Å². The van der Waals surface area contributed by atoms with Crippen LogP contribution in [0.1, 0.15) is 40.0 Å². The molecule has 0 radical (unpaired) electrons. The second-order valence-corrected chi connectivity index (χ2v) is 10.0. The van der Waals surface area contributed by atoms with Crippen molar-refractivity contribution in [3.63, 3.8) is 0 Å². The van der Waals surface area contributed by atoms with Gasteiger partial charge in [0.25, 0.3) is 5.91 Å². The summed E-state index contributed by atoms with van der Waals surface area (Å²) in [5, 5.41) is 22.5. The smallest absolute Gasteiger partial charge is 0.266 e. The van der Waals surface area contributed by atoms with E-state index in [1.807, 2.05) is 6.07 Å². The molecule has 1 amide bonds. The lowest BCUT2D eigenvalue weighted by atomic mass is 9.96. The van der Waals surface area contributed by atoms with Crippen LogP contribution in [0.4, 0.5) is 9.39 Å². The highest BCUT2D eigenvalue weighted by atomic mass is 79.9. The highest BCUT2D eigenvalue weighted by molar-refractivity contribution is 9.10. The molecular weight excluding hydrogens is 545 g/mol. The molecule has 1 aromatic heterocycles. The summed E-state index contributed by atoms with van der Waals surface area (Å²) in [7, 11) is 1.46. The van der Waals surface area contributed by atoms with Gasteiger partial charge in [-0.25, -0.2) is 4.39 Å². The predicted octanol–water partition coefficient (Wildman–Crippen LogP) is 6.53. The number of hydrogen-bond donors (Lipinski definition) is 1. The van der Waals surface area contributed by atoms with Gasteiger partial charge >= 0.3 is 0 Å². The molecule has 36 heavy (non-hydrogen) atoms. The lowest BCUT2D eigenvalue weighted by molar-refractivity contribution is -0.112. The third kappa shape index (κ3) is 5.43. The first-order valence-electron chi connectivity index (χ1n) is 11.2. The van der Waals surface area contributed by atoms with Crippen LogP contribution in [-0.4, -0.2) is 13.0 Å². The number of anilines is 1. The standard InChI is InChI=1S/C27H21BrFN3O3S/c1-34-23-11-17(21(28)12-24(23)35-15-16-6-2-4-8-22(16)29)10-18(13-30)26(33)32-27-20(14-31)19-7-3-5-9-25(19)36-27/h2,4,6,8,10-12H,3,5,7,9,15H2,1H3,(H,32,33)/b18-10+. The van der Waals surface area contributed by atoms with Crippen LogP contribution >= 0.6 is 27.3 Å². The first-order valence-corrected chi connectivity index (χ1v) is 12.8. The number of benzene rings is 2. The molecule has 9 heteroatoms. The molecule has 1 N–H and O–H groups in total. The van der Waals surface area contributed by atoms with E-state index in [0.717, 1.165) is 36.1 Å². The number of nitrogens with zero attached hydrogens (tertiary/aromatic N) is 2. The second kappa shape index (κ2) is 11.4. The molecule has 6 nitrogen and oxygen atoms in total. The lowest BCUT2D eigenvalue weighted by Crippen LogP contribution is -2.13. The molecule has 4 rings (SSSR count). The van der Waals surface area contributed by atoms with Crippen molar-refractivity contribution in [1.29, 1.82) is 10.5 Å². The molecule has 0 spiro atoms. The topological polar surface area (TPSA) is 95.1 Å². The number of carbonyl (C=O) groups excluding carboxylic acids is 1. The van der Waals surface area contributed by atoms with E-state index in [2.05, 4.69) is 27.3 Å². The molecule has 0 saturated heterocycles. The van der Waals surface area contributed by atoms with E-state index in [9.17, 15) is 19.7 Å². The summed E-state index contributed by atoms with van der Waals surface area (Å²) in [6.07, 6.45) is 5.23. The zero-order chi connectivity index (χ0) is 25.7. The summed E-state index contributed by atoms with van der Waals surface area (Å²) in [4.78, 5) is 14.1. The number of aryl methyl sites for hydroxylation is 1. The van der Waals surface area contributed by atoms with Gasteiger partial charge in [-0.15, -0.1) is 11.3 Å². The van der Waals surface area contributed by atoms with E-state index in [1.165, 1.54) is 30.6 Å². The van der Waals surface area contributed by atoms with Gasteiger partial charge in [0.2, 0.25) is 0 Å². The molecular formula is C27H21BrFN3O3S. The Labute approximate surface area is 220 Å². The molecule has 1 aliphatic rings. The van der Waals surface area contributed by atoms with Crippen molar-refractivity contribution in [3.05, 3.63) is 79.4 Å². The number of nitrogens with one attached hydrogen (secondary N) is 1. The van der Waals surface area contributed by atoms with E-state index in [-0.39, 0.29) is 18.0 Å². The molecule has 2 aromatic carbocycles. The van der Waals surface area contributed by atoms with Crippen molar-refractivity contribution >= 4 is 44.3 Å². The van der Waals surface area contributed by atoms with E-state index in [0.29, 0.717) is 37.7 Å². The number of thiophene rings is 1. The highest BCUT2D eigenvalue weighted by Gasteiger charge is 2.23. The van der Waals surface area contributed by atoms with Gasteiger partial charge in [0.05, 0.1) is 12.7 Å². The number of methoxy groups -OCH3 is 1. The van der Waals surface area contributed by atoms with Crippen molar-refractivity contribution in [2.75, 3.05) is 12.4 Å². The van der Waals surface area contributed by atoms with Crippen LogP contribution in [0.3, 0.4) is 0 Å². The maximum atomic E-state index is 13.9. The number of carbonyl (C=O) groups is 1. The van der Waals surface area contributed by atoms with E-state index < -0.39 is 5.91 Å². The number of fused-ring (bicyclic) bond motifs is 1. The molecule has 0 aliphatic heterocycles. The van der Waals surface area contributed by atoms with Crippen LogP contribution in [0.2, 0.25) is 0 Å². The average molecular weight is 566 g/mol. The minimum Gasteiger partial charge on any atom is -0.493 e. The second-order valence-electron chi connectivity index (χ2n) is 8.06. The summed E-state index contributed by atoms with van der Waals surface area (Å²) >= 11 is 4.85. The highest BCUT2D eigenvalue weighted by Crippen LogP contribution is 2.38.